The zero-order valence-electron chi connectivity index (χ0n) is 11.8. The highest BCUT2D eigenvalue weighted by molar-refractivity contribution is 6.02. The predicted octanol–water partition coefficient (Wildman–Crippen LogP) is 0.262. The molecule has 0 heterocycles. The molecule has 0 fully saturated rings. The van der Waals surface area contributed by atoms with E-state index in [0.717, 1.165) is 5.56 Å². The molecule has 1 rings (SSSR count). The Morgan fingerprint density at radius 2 is 1.60 bits per heavy atom. The van der Waals surface area contributed by atoms with Crippen molar-refractivity contribution in [2.24, 2.45) is 11.5 Å². The van der Waals surface area contributed by atoms with E-state index in [1.807, 2.05) is 0 Å². The summed E-state index contributed by atoms with van der Waals surface area (Å²) in [5, 5.41) is 0. The molecule has 0 aliphatic carbocycles. The first-order valence-corrected chi connectivity index (χ1v) is 6.25. The lowest BCUT2D eigenvalue weighted by Crippen LogP contribution is -2.23. The molecule has 0 radical (unpaired) electrons. The van der Waals surface area contributed by atoms with Gasteiger partial charge in [0.05, 0.1) is 13.2 Å². The lowest BCUT2D eigenvalue weighted by atomic mass is 9.91. The largest absolute Gasteiger partial charge is 0.384 e. The number of methoxy groups -OCH3 is 2. The minimum atomic E-state index is -0.586. The molecule has 20 heavy (non-hydrogen) atoms. The van der Waals surface area contributed by atoms with Crippen LogP contribution in [0.5, 0.6) is 0 Å². The summed E-state index contributed by atoms with van der Waals surface area (Å²) in [7, 11) is 3.12. The number of benzene rings is 1. The van der Waals surface area contributed by atoms with Crippen LogP contribution in [-0.4, -0.2) is 39.2 Å². The molecule has 0 saturated carbocycles. The van der Waals surface area contributed by atoms with Gasteiger partial charge < -0.3 is 20.9 Å². The smallest absolute Gasteiger partial charge is 0.249 e. The van der Waals surface area contributed by atoms with E-state index in [4.69, 9.17) is 20.9 Å². The minimum absolute atomic E-state index is 0.303. The van der Waals surface area contributed by atoms with Crippen LogP contribution in [0.2, 0.25) is 0 Å². The Labute approximate surface area is 118 Å². The van der Waals surface area contributed by atoms with Gasteiger partial charge in [-0.2, -0.15) is 0 Å². The van der Waals surface area contributed by atoms with Crippen molar-refractivity contribution in [2.75, 3.05) is 27.4 Å². The van der Waals surface area contributed by atoms with Gasteiger partial charge in [0.1, 0.15) is 0 Å². The van der Waals surface area contributed by atoms with Gasteiger partial charge in [0, 0.05) is 25.3 Å². The van der Waals surface area contributed by atoms with Crippen molar-refractivity contribution in [1.29, 1.82) is 0 Å². The highest BCUT2D eigenvalue weighted by Crippen LogP contribution is 2.21. The van der Waals surface area contributed by atoms with Crippen molar-refractivity contribution in [2.45, 2.75) is 12.8 Å². The van der Waals surface area contributed by atoms with Crippen molar-refractivity contribution in [3.05, 3.63) is 34.4 Å². The van der Waals surface area contributed by atoms with Crippen LogP contribution in [0.15, 0.2) is 12.1 Å². The maximum atomic E-state index is 11.7. The molecular weight excluding hydrogens is 260 g/mol. The zero-order valence-corrected chi connectivity index (χ0v) is 11.8. The van der Waals surface area contributed by atoms with Crippen molar-refractivity contribution >= 4 is 11.8 Å². The normalized spacial score (nSPS) is 10.5. The molecular formula is C14H20N2O4. The molecule has 0 spiro atoms. The fraction of sp³-hybridized carbons (Fsp3) is 0.429. The van der Waals surface area contributed by atoms with Crippen LogP contribution in [-0.2, 0) is 22.3 Å². The van der Waals surface area contributed by atoms with Gasteiger partial charge in [-0.15, -0.1) is 0 Å². The van der Waals surface area contributed by atoms with E-state index < -0.39 is 11.8 Å². The second-order valence-corrected chi connectivity index (χ2v) is 4.34. The van der Waals surface area contributed by atoms with Gasteiger partial charge in [0.2, 0.25) is 11.8 Å². The summed E-state index contributed by atoms with van der Waals surface area (Å²) >= 11 is 0. The Bertz CT molecular complexity index is 500. The highest BCUT2D eigenvalue weighted by Gasteiger charge is 2.19. The Balaban J connectivity index is 3.35. The highest BCUT2D eigenvalue weighted by atomic mass is 16.5. The molecule has 6 nitrogen and oxygen atoms in total. The number of hydrogen-bond acceptors (Lipinski definition) is 4. The third kappa shape index (κ3) is 3.79. The number of amides is 2. The number of nitrogens with two attached hydrogens (primary N) is 2. The van der Waals surface area contributed by atoms with Gasteiger partial charge in [-0.05, 0) is 30.0 Å². The molecule has 0 unspecified atom stereocenters. The van der Waals surface area contributed by atoms with Gasteiger partial charge in [0.15, 0.2) is 0 Å². The molecule has 0 bridgehead atoms. The van der Waals surface area contributed by atoms with E-state index in [1.165, 1.54) is 0 Å². The Morgan fingerprint density at radius 1 is 1.00 bits per heavy atom. The van der Waals surface area contributed by atoms with Gasteiger partial charge in [-0.25, -0.2) is 0 Å². The quantitative estimate of drug-likeness (QED) is 0.712. The zero-order chi connectivity index (χ0) is 15.1. The van der Waals surface area contributed by atoms with Gasteiger partial charge in [0.25, 0.3) is 0 Å². The van der Waals surface area contributed by atoms with Crippen molar-refractivity contribution in [3.8, 4) is 0 Å². The van der Waals surface area contributed by atoms with Crippen molar-refractivity contribution in [1.82, 2.24) is 0 Å². The summed E-state index contributed by atoms with van der Waals surface area (Å²) in [5.74, 6) is -1.16. The van der Waals surface area contributed by atoms with Crippen LogP contribution in [0, 0.1) is 0 Å². The molecule has 110 valence electrons. The lowest BCUT2D eigenvalue weighted by molar-refractivity contribution is 0.0997. The van der Waals surface area contributed by atoms with Gasteiger partial charge in [-0.3, -0.25) is 9.59 Å². The molecule has 0 atom stereocenters. The monoisotopic (exact) mass is 280 g/mol. The van der Waals surface area contributed by atoms with E-state index in [0.29, 0.717) is 42.7 Å². The number of hydrogen-bond donors (Lipinski definition) is 2. The maximum absolute atomic E-state index is 11.7. The van der Waals surface area contributed by atoms with E-state index in [-0.39, 0.29) is 0 Å². The second-order valence-electron chi connectivity index (χ2n) is 4.34. The standard InChI is InChI=1S/C14H20N2O4/c1-19-7-5-9-3-4-11(13(15)17)10(6-8-20-2)12(9)14(16)18/h3-4H,5-8H2,1-2H3,(H2,15,17)(H2,16,18). The number of ether oxygens (including phenoxy) is 2. The molecule has 1 aromatic carbocycles. The van der Waals surface area contributed by atoms with Crippen LogP contribution < -0.4 is 11.5 Å². The number of primary amides is 2. The van der Waals surface area contributed by atoms with E-state index in [1.54, 1.807) is 26.4 Å². The van der Waals surface area contributed by atoms with E-state index in [2.05, 4.69) is 0 Å². The lowest BCUT2D eigenvalue weighted by Gasteiger charge is -2.15. The predicted molar refractivity (Wildman–Crippen MR) is 74.6 cm³/mol. The topological polar surface area (TPSA) is 105 Å². The molecule has 0 aromatic heterocycles. The molecule has 2 amide bonds. The summed E-state index contributed by atoms with van der Waals surface area (Å²) < 4.78 is 10.0. The third-order valence-electron chi connectivity index (χ3n) is 3.04. The average molecular weight is 280 g/mol. The van der Waals surface area contributed by atoms with Crippen LogP contribution in [0.1, 0.15) is 31.8 Å². The summed E-state index contributed by atoms with van der Waals surface area (Å²) in [6, 6.07) is 3.31. The second kappa shape index (κ2) is 7.62. The van der Waals surface area contributed by atoms with E-state index in [9.17, 15) is 9.59 Å². The molecule has 0 aliphatic rings. The molecule has 0 aliphatic heterocycles. The van der Waals surface area contributed by atoms with Gasteiger partial charge in [-0.1, -0.05) is 6.07 Å². The first kappa shape index (κ1) is 16.1. The SMILES string of the molecule is COCCc1ccc(C(N)=O)c(CCOC)c1C(N)=O. The summed E-state index contributed by atoms with van der Waals surface area (Å²) in [6.07, 6.45) is 0.932. The van der Waals surface area contributed by atoms with Crippen molar-refractivity contribution < 1.29 is 19.1 Å². The van der Waals surface area contributed by atoms with E-state index >= 15 is 0 Å². The number of carbonyl (C=O) groups is 2. The molecule has 1 aromatic rings. The first-order valence-electron chi connectivity index (χ1n) is 6.25. The Morgan fingerprint density at radius 3 is 2.10 bits per heavy atom. The van der Waals surface area contributed by atoms with Crippen LogP contribution in [0.25, 0.3) is 0 Å². The van der Waals surface area contributed by atoms with Crippen LogP contribution in [0.4, 0.5) is 0 Å². The fourth-order valence-corrected chi connectivity index (χ4v) is 2.12. The van der Waals surface area contributed by atoms with Crippen molar-refractivity contribution in [3.63, 3.8) is 0 Å². The van der Waals surface area contributed by atoms with Gasteiger partial charge >= 0.3 is 0 Å². The molecule has 6 heteroatoms. The average Bonchev–Trinajstić information content (AvgIpc) is 2.41. The fourth-order valence-electron chi connectivity index (χ4n) is 2.12. The maximum Gasteiger partial charge on any atom is 0.249 e. The Hall–Kier alpha value is -1.92. The van der Waals surface area contributed by atoms with Crippen LogP contribution in [0.3, 0.4) is 0 Å². The number of rotatable bonds is 8. The van der Waals surface area contributed by atoms with Crippen LogP contribution >= 0.6 is 0 Å². The molecule has 4 N–H and O–H groups in total. The summed E-state index contributed by atoms with van der Waals surface area (Å²) in [5.41, 5.74) is 12.7. The Kier molecular flexibility index (Phi) is 6.14. The first-order chi connectivity index (χ1) is 9.52. The third-order valence-corrected chi connectivity index (χ3v) is 3.04. The number of carbonyl (C=O) groups excluding carboxylic acids is 2. The summed E-state index contributed by atoms with van der Waals surface area (Å²) in [6.45, 7) is 0.828. The summed E-state index contributed by atoms with van der Waals surface area (Å²) in [4.78, 5) is 23.2. The molecule has 0 saturated heterocycles. The minimum Gasteiger partial charge on any atom is -0.384 e.